The quantitative estimate of drug-likeness (QED) is 0.706. The number of rotatable bonds is 3. The molecule has 0 fully saturated rings. The maximum absolute atomic E-state index is 13.1. The van der Waals surface area contributed by atoms with Crippen LogP contribution in [-0.4, -0.2) is 13.9 Å². The van der Waals surface area contributed by atoms with E-state index in [2.05, 4.69) is 0 Å². The molecule has 0 aliphatic heterocycles. The van der Waals surface area contributed by atoms with Crippen LogP contribution in [0.2, 0.25) is 5.02 Å². The number of nitrogens with zero attached hydrogens (tertiary/aromatic N) is 1. The molecule has 4 nitrogen and oxygen atoms in total. The molecule has 0 bridgehead atoms. The average molecular weight is 394 g/mol. The van der Waals surface area contributed by atoms with E-state index in [1.165, 1.54) is 6.92 Å². The fraction of sp³-hybridized carbons (Fsp3) is 0.133. The summed E-state index contributed by atoms with van der Waals surface area (Å²) in [5.74, 6) is -0.811. The second-order valence-electron chi connectivity index (χ2n) is 4.80. The predicted molar refractivity (Wildman–Crippen MR) is 80.6 cm³/mol. The lowest BCUT2D eigenvalue weighted by molar-refractivity contribution is -0.0436. The van der Waals surface area contributed by atoms with Crippen LogP contribution in [0.25, 0.3) is 0 Å². The van der Waals surface area contributed by atoms with Crippen LogP contribution < -0.4 is 4.74 Å². The number of hydrogen-bond donors (Lipinski definition) is 0. The van der Waals surface area contributed by atoms with Gasteiger partial charge in [-0.05, 0) is 37.3 Å². The topological polar surface area (TPSA) is 67.2 Å². The minimum absolute atomic E-state index is 0.0607. The predicted octanol–water partition coefficient (Wildman–Crippen LogP) is 4.75. The van der Waals surface area contributed by atoms with Crippen molar-refractivity contribution in [3.63, 3.8) is 0 Å². The van der Waals surface area contributed by atoms with E-state index in [1.807, 2.05) is 0 Å². The van der Waals surface area contributed by atoms with Crippen molar-refractivity contribution < 1.29 is 30.7 Å². The Morgan fingerprint density at radius 2 is 1.76 bits per heavy atom. The SMILES string of the molecule is Cc1c(Oc2ccc(F)cc2C#N)ccc(S(=O)(=O)C(F)(F)F)c1Cl. The number of sulfone groups is 1. The molecular weight excluding hydrogens is 386 g/mol. The second kappa shape index (κ2) is 6.54. The summed E-state index contributed by atoms with van der Waals surface area (Å²) in [4.78, 5) is -1.11. The third-order valence-electron chi connectivity index (χ3n) is 3.18. The Kier molecular flexibility index (Phi) is 4.97. The van der Waals surface area contributed by atoms with Crippen molar-refractivity contribution in [1.29, 1.82) is 5.26 Å². The summed E-state index contributed by atoms with van der Waals surface area (Å²) < 4.78 is 79.5. The van der Waals surface area contributed by atoms with Crippen LogP contribution in [0.1, 0.15) is 11.1 Å². The first-order valence-electron chi connectivity index (χ1n) is 6.47. The number of ether oxygens (including phenoxy) is 1. The van der Waals surface area contributed by atoms with Crippen LogP contribution in [-0.2, 0) is 9.84 Å². The molecule has 25 heavy (non-hydrogen) atoms. The molecule has 0 aliphatic carbocycles. The first-order chi connectivity index (χ1) is 11.5. The molecular formula is C15H8ClF4NO3S. The third kappa shape index (κ3) is 3.55. The number of benzene rings is 2. The van der Waals surface area contributed by atoms with Crippen molar-refractivity contribution in [3.8, 4) is 17.6 Å². The van der Waals surface area contributed by atoms with E-state index in [0.29, 0.717) is 6.07 Å². The molecule has 0 radical (unpaired) electrons. The Morgan fingerprint density at radius 3 is 2.32 bits per heavy atom. The summed E-state index contributed by atoms with van der Waals surface area (Å²) in [5, 5.41) is 8.30. The van der Waals surface area contributed by atoms with E-state index in [9.17, 15) is 26.0 Å². The molecule has 0 atom stereocenters. The van der Waals surface area contributed by atoms with Crippen molar-refractivity contribution in [2.75, 3.05) is 0 Å². The average Bonchev–Trinajstić information content (AvgIpc) is 2.52. The molecule has 0 spiro atoms. The first-order valence-corrected chi connectivity index (χ1v) is 8.33. The minimum atomic E-state index is -5.63. The molecule has 132 valence electrons. The molecule has 0 saturated heterocycles. The fourth-order valence-corrected chi connectivity index (χ4v) is 3.23. The highest BCUT2D eigenvalue weighted by Gasteiger charge is 2.48. The van der Waals surface area contributed by atoms with Gasteiger partial charge in [0, 0.05) is 5.56 Å². The van der Waals surface area contributed by atoms with Gasteiger partial charge in [-0.3, -0.25) is 0 Å². The molecule has 10 heteroatoms. The highest BCUT2D eigenvalue weighted by Crippen LogP contribution is 2.39. The van der Waals surface area contributed by atoms with Crippen LogP contribution in [0.15, 0.2) is 35.2 Å². The Bertz CT molecular complexity index is 981. The number of hydrogen-bond acceptors (Lipinski definition) is 4. The molecule has 0 saturated carbocycles. The van der Waals surface area contributed by atoms with Gasteiger partial charge in [-0.25, -0.2) is 12.8 Å². The van der Waals surface area contributed by atoms with Crippen LogP contribution in [0.3, 0.4) is 0 Å². The maximum Gasteiger partial charge on any atom is 0.501 e. The molecule has 0 heterocycles. The molecule has 2 aromatic carbocycles. The van der Waals surface area contributed by atoms with Gasteiger partial charge in [0.2, 0.25) is 0 Å². The monoisotopic (exact) mass is 393 g/mol. The standard InChI is InChI=1S/C15H8ClF4NO3S/c1-8-11(24-12-3-2-10(17)6-9(12)7-21)4-5-13(14(8)16)25(22,23)15(18,19)20/h2-6H,1H3. The second-order valence-corrected chi connectivity index (χ2v) is 7.09. The van der Waals surface area contributed by atoms with Gasteiger partial charge in [0.15, 0.2) is 0 Å². The summed E-state index contributed by atoms with van der Waals surface area (Å²) in [6.45, 7) is 1.25. The van der Waals surface area contributed by atoms with E-state index in [-0.39, 0.29) is 22.6 Å². The maximum atomic E-state index is 13.1. The van der Waals surface area contributed by atoms with E-state index < -0.39 is 31.1 Å². The summed E-state index contributed by atoms with van der Waals surface area (Å²) in [5.41, 5.74) is -5.74. The van der Waals surface area contributed by atoms with Gasteiger partial charge >= 0.3 is 5.51 Å². The zero-order chi connectivity index (χ0) is 19.0. The van der Waals surface area contributed by atoms with Crippen molar-refractivity contribution in [3.05, 3.63) is 52.3 Å². The zero-order valence-electron chi connectivity index (χ0n) is 12.4. The lowest BCUT2D eigenvalue weighted by Gasteiger charge is -2.15. The minimum Gasteiger partial charge on any atom is -0.456 e. The van der Waals surface area contributed by atoms with Crippen LogP contribution in [0.5, 0.6) is 11.5 Å². The third-order valence-corrected chi connectivity index (χ3v) is 5.31. The Balaban J connectivity index is 2.51. The number of halogens is 5. The normalized spacial score (nSPS) is 11.9. The lowest BCUT2D eigenvalue weighted by atomic mass is 10.2. The summed E-state index contributed by atoms with van der Waals surface area (Å²) >= 11 is 5.77. The van der Waals surface area contributed by atoms with Crippen LogP contribution >= 0.6 is 11.6 Å². The smallest absolute Gasteiger partial charge is 0.456 e. The molecule has 0 unspecified atom stereocenters. The van der Waals surface area contributed by atoms with Crippen LogP contribution in [0.4, 0.5) is 17.6 Å². The summed E-state index contributed by atoms with van der Waals surface area (Å²) in [6, 6.07) is 6.43. The van der Waals surface area contributed by atoms with Gasteiger partial charge in [-0.1, -0.05) is 11.6 Å². The molecule has 0 N–H and O–H groups in total. The highest BCUT2D eigenvalue weighted by atomic mass is 35.5. The van der Waals surface area contributed by atoms with Crippen molar-refractivity contribution in [1.82, 2.24) is 0 Å². The zero-order valence-corrected chi connectivity index (χ0v) is 13.9. The van der Waals surface area contributed by atoms with E-state index >= 15 is 0 Å². The molecule has 0 amide bonds. The van der Waals surface area contributed by atoms with Crippen molar-refractivity contribution in [2.45, 2.75) is 17.3 Å². The van der Waals surface area contributed by atoms with Crippen molar-refractivity contribution in [2.24, 2.45) is 0 Å². The molecule has 0 aliphatic rings. The van der Waals surface area contributed by atoms with E-state index in [0.717, 1.165) is 24.3 Å². The lowest BCUT2D eigenvalue weighted by Crippen LogP contribution is -2.23. The largest absolute Gasteiger partial charge is 0.501 e. The number of nitriles is 1. The van der Waals surface area contributed by atoms with Gasteiger partial charge in [-0.2, -0.15) is 18.4 Å². The van der Waals surface area contributed by atoms with Gasteiger partial charge in [0.05, 0.1) is 15.5 Å². The summed E-state index contributed by atoms with van der Waals surface area (Å²) in [6.07, 6.45) is 0. The Morgan fingerprint density at radius 1 is 1.16 bits per heavy atom. The fourth-order valence-electron chi connectivity index (χ4n) is 1.88. The number of alkyl halides is 3. The van der Waals surface area contributed by atoms with Crippen LogP contribution in [0, 0.1) is 24.1 Å². The van der Waals surface area contributed by atoms with Gasteiger partial charge in [0.1, 0.15) is 23.4 Å². The molecule has 2 rings (SSSR count). The molecule has 0 aromatic heterocycles. The molecule has 2 aromatic rings. The van der Waals surface area contributed by atoms with Gasteiger partial charge in [-0.15, -0.1) is 0 Å². The van der Waals surface area contributed by atoms with Gasteiger partial charge in [0.25, 0.3) is 9.84 Å². The van der Waals surface area contributed by atoms with E-state index in [1.54, 1.807) is 6.07 Å². The van der Waals surface area contributed by atoms with Crippen molar-refractivity contribution >= 4 is 21.4 Å². The highest BCUT2D eigenvalue weighted by molar-refractivity contribution is 7.92. The Labute approximate surface area is 145 Å². The first kappa shape index (κ1) is 19.0. The van der Waals surface area contributed by atoms with E-state index in [4.69, 9.17) is 21.6 Å². The Hall–Kier alpha value is -2.31. The summed E-state index contributed by atoms with van der Waals surface area (Å²) in [7, 11) is -5.63. The van der Waals surface area contributed by atoms with Gasteiger partial charge < -0.3 is 4.74 Å².